The Balaban J connectivity index is 1.96. The van der Waals surface area contributed by atoms with Crippen LogP contribution in [0.3, 0.4) is 0 Å². The normalized spacial score (nSPS) is 31.8. The monoisotopic (exact) mass is 257 g/mol. The second-order valence-corrected chi connectivity index (χ2v) is 4.83. The van der Waals surface area contributed by atoms with Crippen molar-refractivity contribution in [1.29, 1.82) is 0 Å². The molecule has 0 aromatic rings. The highest BCUT2D eigenvalue weighted by molar-refractivity contribution is 5.84. The first kappa shape index (κ1) is 13.3. The lowest BCUT2D eigenvalue weighted by Crippen LogP contribution is -2.41. The Labute approximate surface area is 106 Å². The summed E-state index contributed by atoms with van der Waals surface area (Å²) in [5.41, 5.74) is 0. The smallest absolute Gasteiger partial charge is 0.326 e. The molecule has 0 saturated carbocycles. The van der Waals surface area contributed by atoms with E-state index in [-0.39, 0.29) is 24.5 Å². The molecule has 0 aromatic carbocycles. The lowest BCUT2D eigenvalue weighted by atomic mass is 10.1. The zero-order valence-electron chi connectivity index (χ0n) is 10.5. The number of nitrogens with zero attached hydrogens (tertiary/aromatic N) is 1. The molecule has 2 rings (SSSR count). The Morgan fingerprint density at radius 2 is 2.28 bits per heavy atom. The van der Waals surface area contributed by atoms with E-state index >= 15 is 0 Å². The molecule has 2 fully saturated rings. The summed E-state index contributed by atoms with van der Waals surface area (Å²) in [5.74, 6) is -1.11. The molecule has 3 atom stereocenters. The molecule has 2 saturated heterocycles. The number of likely N-dealkylation sites (tertiary alicyclic amines) is 1. The summed E-state index contributed by atoms with van der Waals surface area (Å²) >= 11 is 0. The quantitative estimate of drug-likeness (QED) is 0.781. The number of carbonyl (C=O) groups is 2. The number of hydrogen-bond acceptors (Lipinski definition) is 4. The van der Waals surface area contributed by atoms with Crippen LogP contribution in [-0.4, -0.2) is 60.4 Å². The van der Waals surface area contributed by atoms with Crippen LogP contribution in [0.1, 0.15) is 25.7 Å². The van der Waals surface area contributed by atoms with E-state index in [4.69, 9.17) is 14.6 Å². The van der Waals surface area contributed by atoms with Crippen molar-refractivity contribution in [2.75, 3.05) is 20.3 Å². The van der Waals surface area contributed by atoms with Gasteiger partial charge in [-0.1, -0.05) is 0 Å². The Morgan fingerprint density at radius 3 is 2.83 bits per heavy atom. The summed E-state index contributed by atoms with van der Waals surface area (Å²) in [6, 6.07) is -0.760. The Kier molecular flexibility index (Phi) is 4.19. The number of aliphatic carboxylic acids is 1. The highest BCUT2D eigenvalue weighted by atomic mass is 16.5. The first-order valence-corrected chi connectivity index (χ1v) is 6.28. The van der Waals surface area contributed by atoms with E-state index in [9.17, 15) is 9.59 Å². The van der Waals surface area contributed by atoms with E-state index in [0.29, 0.717) is 19.6 Å². The highest BCUT2D eigenvalue weighted by Crippen LogP contribution is 2.23. The van der Waals surface area contributed by atoms with Gasteiger partial charge in [0.15, 0.2) is 0 Å². The van der Waals surface area contributed by atoms with Crippen molar-refractivity contribution in [3.8, 4) is 0 Å². The Bertz CT molecular complexity index is 326. The molecule has 0 aliphatic carbocycles. The minimum Gasteiger partial charge on any atom is -0.480 e. The van der Waals surface area contributed by atoms with Gasteiger partial charge in [-0.15, -0.1) is 0 Å². The molecular weight excluding hydrogens is 238 g/mol. The summed E-state index contributed by atoms with van der Waals surface area (Å²) in [4.78, 5) is 24.7. The number of ether oxygens (including phenoxy) is 2. The Morgan fingerprint density at radius 1 is 1.50 bits per heavy atom. The third-order valence-corrected chi connectivity index (χ3v) is 3.63. The van der Waals surface area contributed by atoms with E-state index in [1.807, 2.05) is 0 Å². The second kappa shape index (κ2) is 5.67. The van der Waals surface area contributed by atoms with Gasteiger partial charge >= 0.3 is 5.97 Å². The van der Waals surface area contributed by atoms with E-state index < -0.39 is 12.0 Å². The van der Waals surface area contributed by atoms with Crippen LogP contribution in [0.15, 0.2) is 0 Å². The number of rotatable bonds is 4. The lowest BCUT2D eigenvalue weighted by molar-refractivity contribution is -0.149. The number of carbonyl (C=O) groups excluding carboxylic acids is 1. The third-order valence-electron chi connectivity index (χ3n) is 3.63. The van der Waals surface area contributed by atoms with Crippen molar-refractivity contribution in [3.63, 3.8) is 0 Å². The van der Waals surface area contributed by atoms with Crippen LogP contribution in [0.4, 0.5) is 0 Å². The van der Waals surface area contributed by atoms with Gasteiger partial charge < -0.3 is 19.5 Å². The van der Waals surface area contributed by atoms with Crippen molar-refractivity contribution >= 4 is 11.9 Å². The molecule has 2 heterocycles. The topological polar surface area (TPSA) is 76.1 Å². The molecule has 1 amide bonds. The van der Waals surface area contributed by atoms with Gasteiger partial charge in [0, 0.05) is 26.7 Å². The summed E-state index contributed by atoms with van der Waals surface area (Å²) < 4.78 is 10.6. The molecule has 102 valence electrons. The number of amides is 1. The van der Waals surface area contributed by atoms with Gasteiger partial charge in [0.1, 0.15) is 6.04 Å². The van der Waals surface area contributed by atoms with Crippen LogP contribution in [0.2, 0.25) is 0 Å². The summed E-state index contributed by atoms with van der Waals surface area (Å²) in [6.07, 6.45) is 2.27. The van der Waals surface area contributed by atoms with Gasteiger partial charge in [-0.3, -0.25) is 4.79 Å². The lowest BCUT2D eigenvalue weighted by Gasteiger charge is -2.22. The van der Waals surface area contributed by atoms with Crippen LogP contribution >= 0.6 is 0 Å². The average Bonchev–Trinajstić information content (AvgIpc) is 2.96. The molecule has 1 N–H and O–H groups in total. The fraction of sp³-hybridized carbons (Fsp3) is 0.833. The van der Waals surface area contributed by atoms with Gasteiger partial charge in [0.05, 0.1) is 18.6 Å². The van der Waals surface area contributed by atoms with Gasteiger partial charge in [-0.25, -0.2) is 4.79 Å². The maximum absolute atomic E-state index is 12.1. The fourth-order valence-electron chi connectivity index (χ4n) is 2.60. The minimum atomic E-state index is -0.963. The van der Waals surface area contributed by atoms with Crippen LogP contribution in [0, 0.1) is 0 Å². The number of hydrogen-bond donors (Lipinski definition) is 1. The van der Waals surface area contributed by atoms with Crippen molar-refractivity contribution in [1.82, 2.24) is 4.90 Å². The fourth-order valence-corrected chi connectivity index (χ4v) is 2.60. The number of carboxylic acid groups (broad SMARTS) is 1. The summed E-state index contributed by atoms with van der Waals surface area (Å²) in [5, 5.41) is 9.13. The van der Waals surface area contributed by atoms with Crippen LogP contribution < -0.4 is 0 Å². The predicted octanol–water partition coefficient (Wildman–Crippen LogP) is 0.256. The molecule has 2 aliphatic heterocycles. The molecule has 0 bridgehead atoms. The minimum absolute atomic E-state index is 0.0476. The Hall–Kier alpha value is -1.14. The van der Waals surface area contributed by atoms with Gasteiger partial charge in [-0.05, 0) is 12.8 Å². The molecule has 0 radical (unpaired) electrons. The van der Waals surface area contributed by atoms with E-state index in [1.165, 1.54) is 12.0 Å². The van der Waals surface area contributed by atoms with E-state index in [2.05, 4.69) is 0 Å². The molecule has 18 heavy (non-hydrogen) atoms. The maximum atomic E-state index is 12.1. The predicted molar refractivity (Wildman–Crippen MR) is 62.1 cm³/mol. The zero-order valence-corrected chi connectivity index (χ0v) is 10.5. The van der Waals surface area contributed by atoms with Gasteiger partial charge in [0.2, 0.25) is 5.91 Å². The zero-order chi connectivity index (χ0) is 13.1. The third kappa shape index (κ3) is 2.81. The van der Waals surface area contributed by atoms with Crippen LogP contribution in [0.5, 0.6) is 0 Å². The molecule has 6 nitrogen and oxygen atoms in total. The van der Waals surface area contributed by atoms with Crippen molar-refractivity contribution in [2.24, 2.45) is 0 Å². The van der Waals surface area contributed by atoms with E-state index in [0.717, 1.165) is 12.8 Å². The van der Waals surface area contributed by atoms with Crippen molar-refractivity contribution < 1.29 is 24.2 Å². The maximum Gasteiger partial charge on any atom is 0.326 e. The standard InChI is InChI=1S/C12H19NO5/c1-17-9-5-10(12(15)16)13(7-9)11(14)6-8-3-2-4-18-8/h8-10H,2-7H2,1H3,(H,15,16). The number of methoxy groups -OCH3 is 1. The summed E-state index contributed by atoms with van der Waals surface area (Å²) in [6.45, 7) is 1.06. The molecule has 2 aliphatic rings. The van der Waals surface area contributed by atoms with Crippen molar-refractivity contribution in [2.45, 2.75) is 43.9 Å². The highest BCUT2D eigenvalue weighted by Gasteiger charge is 2.40. The van der Waals surface area contributed by atoms with E-state index in [1.54, 1.807) is 0 Å². The molecule has 3 unspecified atom stereocenters. The van der Waals surface area contributed by atoms with Crippen LogP contribution in [-0.2, 0) is 19.1 Å². The van der Waals surface area contributed by atoms with Crippen molar-refractivity contribution in [3.05, 3.63) is 0 Å². The summed E-state index contributed by atoms with van der Waals surface area (Å²) in [7, 11) is 1.54. The van der Waals surface area contributed by atoms with Crippen LogP contribution in [0.25, 0.3) is 0 Å². The average molecular weight is 257 g/mol. The second-order valence-electron chi connectivity index (χ2n) is 4.83. The van der Waals surface area contributed by atoms with Gasteiger partial charge in [0.25, 0.3) is 0 Å². The van der Waals surface area contributed by atoms with Gasteiger partial charge in [-0.2, -0.15) is 0 Å². The molecule has 6 heteroatoms. The number of carboxylic acids is 1. The SMILES string of the molecule is COC1CC(C(=O)O)N(C(=O)CC2CCCO2)C1. The first-order valence-electron chi connectivity index (χ1n) is 6.28. The largest absolute Gasteiger partial charge is 0.480 e. The molecular formula is C12H19NO5. The molecule has 0 aromatic heterocycles. The first-order chi connectivity index (χ1) is 8.61. The molecule has 0 spiro atoms.